The second-order valence-electron chi connectivity index (χ2n) is 7.47. The number of thiazole rings is 1. The number of aromatic nitrogens is 4. The Morgan fingerprint density at radius 1 is 1.15 bits per heavy atom. The number of carbonyl (C=O) groups is 1. The number of allylic oxidation sites excluding steroid dienone is 1. The van der Waals surface area contributed by atoms with Crippen molar-refractivity contribution in [1.82, 2.24) is 19.7 Å². The van der Waals surface area contributed by atoms with E-state index >= 15 is 0 Å². The van der Waals surface area contributed by atoms with Gasteiger partial charge < -0.3 is 9.73 Å². The van der Waals surface area contributed by atoms with Crippen LogP contribution in [0.15, 0.2) is 89.3 Å². The molecule has 1 N–H and O–H groups in total. The average molecular weight is 488 g/mol. The standard InChI is InChI=1S/C25H21N5O2S2/c1-2-12-30-23(21-11-6-13-32-21)28-29-25(30)33-16-22(31)27-24-26-15-19(34-24)14-18-9-5-8-17-7-3-4-10-20(17)18/h2-11,13,15H,1,12,14,16H2,(H,26,27,31). The monoisotopic (exact) mass is 487 g/mol. The zero-order valence-electron chi connectivity index (χ0n) is 18.2. The van der Waals surface area contributed by atoms with E-state index in [1.807, 2.05) is 22.9 Å². The summed E-state index contributed by atoms with van der Waals surface area (Å²) >= 11 is 2.80. The summed E-state index contributed by atoms with van der Waals surface area (Å²) in [5.74, 6) is 1.26. The number of nitrogens with zero attached hydrogens (tertiary/aromatic N) is 4. The van der Waals surface area contributed by atoms with Crippen LogP contribution in [0, 0.1) is 0 Å². The first kappa shape index (κ1) is 22.1. The Labute approximate surface area is 204 Å². The molecule has 2 aromatic carbocycles. The number of thioether (sulfide) groups is 1. The van der Waals surface area contributed by atoms with Crippen LogP contribution in [0.2, 0.25) is 0 Å². The van der Waals surface area contributed by atoms with Gasteiger partial charge in [0.15, 0.2) is 16.0 Å². The Balaban J connectivity index is 1.22. The molecule has 5 rings (SSSR count). The van der Waals surface area contributed by atoms with Gasteiger partial charge in [0, 0.05) is 24.0 Å². The minimum Gasteiger partial charge on any atom is -0.461 e. The topological polar surface area (TPSA) is 85.8 Å². The minimum absolute atomic E-state index is 0.149. The largest absolute Gasteiger partial charge is 0.461 e. The lowest BCUT2D eigenvalue weighted by Gasteiger charge is -2.06. The number of fused-ring (bicyclic) bond motifs is 1. The van der Waals surface area contributed by atoms with E-state index in [-0.39, 0.29) is 11.7 Å². The number of nitrogens with one attached hydrogen (secondary N) is 1. The van der Waals surface area contributed by atoms with E-state index < -0.39 is 0 Å². The van der Waals surface area contributed by atoms with Gasteiger partial charge in [0.2, 0.25) is 11.7 Å². The number of carbonyl (C=O) groups excluding carboxylic acids is 1. The first-order chi connectivity index (χ1) is 16.7. The number of benzene rings is 2. The molecule has 34 heavy (non-hydrogen) atoms. The molecule has 9 heteroatoms. The predicted octanol–water partition coefficient (Wildman–Crippen LogP) is 5.66. The molecule has 7 nitrogen and oxygen atoms in total. The van der Waals surface area contributed by atoms with Crippen LogP contribution >= 0.6 is 23.1 Å². The zero-order valence-corrected chi connectivity index (χ0v) is 19.8. The van der Waals surface area contributed by atoms with Crippen molar-refractivity contribution < 1.29 is 9.21 Å². The highest BCUT2D eigenvalue weighted by atomic mass is 32.2. The summed E-state index contributed by atoms with van der Waals surface area (Å²) in [5.41, 5.74) is 1.24. The third kappa shape index (κ3) is 4.80. The van der Waals surface area contributed by atoms with Crippen LogP contribution in [-0.4, -0.2) is 31.4 Å². The van der Waals surface area contributed by atoms with E-state index in [0.717, 1.165) is 11.3 Å². The first-order valence-corrected chi connectivity index (χ1v) is 12.4. The van der Waals surface area contributed by atoms with E-state index in [4.69, 9.17) is 4.42 Å². The van der Waals surface area contributed by atoms with Crippen LogP contribution in [0.3, 0.4) is 0 Å². The highest BCUT2D eigenvalue weighted by Gasteiger charge is 2.17. The lowest BCUT2D eigenvalue weighted by atomic mass is 10.0. The molecule has 1 amide bonds. The fraction of sp³-hybridized carbons (Fsp3) is 0.120. The lowest BCUT2D eigenvalue weighted by molar-refractivity contribution is -0.113. The third-order valence-electron chi connectivity index (χ3n) is 5.15. The number of hydrogen-bond donors (Lipinski definition) is 1. The minimum atomic E-state index is -0.149. The highest BCUT2D eigenvalue weighted by Crippen LogP contribution is 2.27. The summed E-state index contributed by atoms with van der Waals surface area (Å²) in [7, 11) is 0. The van der Waals surface area contributed by atoms with Crippen molar-refractivity contribution in [2.24, 2.45) is 0 Å². The maximum Gasteiger partial charge on any atom is 0.236 e. The Morgan fingerprint density at radius 3 is 2.88 bits per heavy atom. The van der Waals surface area contributed by atoms with Crippen LogP contribution < -0.4 is 5.32 Å². The van der Waals surface area contributed by atoms with E-state index in [1.165, 1.54) is 39.4 Å². The van der Waals surface area contributed by atoms with Gasteiger partial charge in [-0.2, -0.15) is 0 Å². The molecular formula is C25H21N5O2S2. The molecule has 0 saturated heterocycles. The molecule has 0 aliphatic heterocycles. The predicted molar refractivity (Wildman–Crippen MR) is 136 cm³/mol. The summed E-state index contributed by atoms with van der Waals surface area (Å²) in [6.07, 6.45) is 5.94. The van der Waals surface area contributed by atoms with Gasteiger partial charge in [0.05, 0.1) is 12.0 Å². The maximum atomic E-state index is 12.6. The molecule has 0 aliphatic rings. The summed E-state index contributed by atoms with van der Waals surface area (Å²) in [6, 6.07) is 18.3. The Bertz CT molecular complexity index is 1430. The van der Waals surface area contributed by atoms with Crippen LogP contribution in [-0.2, 0) is 17.8 Å². The number of furan rings is 1. The quantitative estimate of drug-likeness (QED) is 0.213. The van der Waals surface area contributed by atoms with Gasteiger partial charge in [-0.25, -0.2) is 4.98 Å². The SMILES string of the molecule is C=CCn1c(SCC(=O)Nc2ncc(Cc3cccc4ccccc34)s2)nnc1-c1ccco1. The van der Waals surface area contributed by atoms with Crippen molar-refractivity contribution in [3.63, 3.8) is 0 Å². The second kappa shape index (κ2) is 10.1. The van der Waals surface area contributed by atoms with Crippen LogP contribution in [0.5, 0.6) is 0 Å². The molecule has 3 aromatic heterocycles. The van der Waals surface area contributed by atoms with Gasteiger partial charge in [0.1, 0.15) is 0 Å². The number of rotatable bonds is 9. The summed E-state index contributed by atoms with van der Waals surface area (Å²) in [4.78, 5) is 18.1. The Morgan fingerprint density at radius 2 is 2.03 bits per heavy atom. The summed E-state index contributed by atoms with van der Waals surface area (Å²) in [5, 5.41) is 15.0. The van der Waals surface area contributed by atoms with Gasteiger partial charge in [-0.3, -0.25) is 9.36 Å². The molecule has 0 spiro atoms. The molecule has 0 bridgehead atoms. The van der Waals surface area contributed by atoms with E-state index in [2.05, 4.69) is 63.5 Å². The van der Waals surface area contributed by atoms with Crippen molar-refractivity contribution in [2.45, 2.75) is 18.1 Å². The van der Waals surface area contributed by atoms with Crippen LogP contribution in [0.25, 0.3) is 22.4 Å². The molecule has 0 aliphatic carbocycles. The average Bonchev–Trinajstić information content (AvgIpc) is 3.60. The molecule has 0 radical (unpaired) electrons. The Hall–Kier alpha value is -3.69. The molecule has 0 atom stereocenters. The molecule has 0 fully saturated rings. The van der Waals surface area contributed by atoms with Crippen molar-refractivity contribution in [2.75, 3.05) is 11.1 Å². The van der Waals surface area contributed by atoms with Crippen molar-refractivity contribution in [1.29, 1.82) is 0 Å². The van der Waals surface area contributed by atoms with Crippen molar-refractivity contribution >= 4 is 44.9 Å². The molecular weight excluding hydrogens is 466 g/mol. The van der Waals surface area contributed by atoms with E-state index in [1.54, 1.807) is 18.4 Å². The number of anilines is 1. The molecule has 170 valence electrons. The van der Waals surface area contributed by atoms with Gasteiger partial charge in [-0.1, -0.05) is 60.3 Å². The van der Waals surface area contributed by atoms with Crippen molar-refractivity contribution in [3.05, 3.63) is 90.2 Å². The highest BCUT2D eigenvalue weighted by molar-refractivity contribution is 7.99. The third-order valence-corrected chi connectivity index (χ3v) is 7.03. The van der Waals surface area contributed by atoms with E-state index in [9.17, 15) is 4.79 Å². The molecule has 5 aromatic rings. The van der Waals surface area contributed by atoms with Crippen LogP contribution in [0.1, 0.15) is 10.4 Å². The molecule has 0 unspecified atom stereocenters. The number of amides is 1. The van der Waals surface area contributed by atoms with Crippen molar-refractivity contribution in [3.8, 4) is 11.6 Å². The van der Waals surface area contributed by atoms with E-state index in [0.29, 0.717) is 28.4 Å². The smallest absolute Gasteiger partial charge is 0.236 e. The number of hydrogen-bond acceptors (Lipinski definition) is 7. The van der Waals surface area contributed by atoms with Gasteiger partial charge in [-0.05, 0) is 28.5 Å². The second-order valence-corrected chi connectivity index (χ2v) is 9.52. The fourth-order valence-corrected chi connectivity index (χ4v) is 5.24. The lowest BCUT2D eigenvalue weighted by Crippen LogP contribution is -2.14. The molecule has 3 heterocycles. The first-order valence-electron chi connectivity index (χ1n) is 10.6. The van der Waals surface area contributed by atoms with Crippen LogP contribution in [0.4, 0.5) is 5.13 Å². The van der Waals surface area contributed by atoms with Gasteiger partial charge in [-0.15, -0.1) is 28.1 Å². The normalized spacial score (nSPS) is 11.1. The summed E-state index contributed by atoms with van der Waals surface area (Å²) in [6.45, 7) is 4.31. The maximum absolute atomic E-state index is 12.6. The summed E-state index contributed by atoms with van der Waals surface area (Å²) < 4.78 is 7.31. The van der Waals surface area contributed by atoms with Gasteiger partial charge >= 0.3 is 0 Å². The Kier molecular flexibility index (Phi) is 6.55. The zero-order chi connectivity index (χ0) is 23.3. The fourth-order valence-electron chi connectivity index (χ4n) is 3.64. The van der Waals surface area contributed by atoms with Gasteiger partial charge in [0.25, 0.3) is 0 Å². The molecule has 0 saturated carbocycles.